The standard InChI is InChI=1S/C9H21N3O2S/c1-12(5-6-15(10,13)14)8-9-3-2-4-11-7-9/h9,11H,2-8H2,1H3,(H2,10,13,14). The van der Waals surface area contributed by atoms with Gasteiger partial charge in [0.25, 0.3) is 0 Å². The zero-order valence-corrected chi connectivity index (χ0v) is 10.1. The van der Waals surface area contributed by atoms with Crippen LogP contribution < -0.4 is 10.5 Å². The lowest BCUT2D eigenvalue weighted by Crippen LogP contribution is -2.38. The van der Waals surface area contributed by atoms with Crippen LogP contribution in [0.5, 0.6) is 0 Å². The molecule has 1 aliphatic rings. The van der Waals surface area contributed by atoms with E-state index >= 15 is 0 Å². The predicted octanol–water partition coefficient (Wildman–Crippen LogP) is -0.794. The van der Waals surface area contributed by atoms with Crippen molar-refractivity contribution in [2.24, 2.45) is 11.1 Å². The highest BCUT2D eigenvalue weighted by Crippen LogP contribution is 2.10. The van der Waals surface area contributed by atoms with Crippen LogP contribution >= 0.6 is 0 Å². The molecule has 1 unspecified atom stereocenters. The fraction of sp³-hybridized carbons (Fsp3) is 1.00. The molecule has 1 fully saturated rings. The highest BCUT2D eigenvalue weighted by atomic mass is 32.2. The Morgan fingerprint density at radius 1 is 1.53 bits per heavy atom. The lowest BCUT2D eigenvalue weighted by molar-refractivity contribution is 0.252. The van der Waals surface area contributed by atoms with Gasteiger partial charge in [-0.15, -0.1) is 0 Å². The topological polar surface area (TPSA) is 75.4 Å². The quantitative estimate of drug-likeness (QED) is 0.654. The molecule has 6 heteroatoms. The van der Waals surface area contributed by atoms with Crippen molar-refractivity contribution >= 4 is 10.0 Å². The molecule has 0 amide bonds. The smallest absolute Gasteiger partial charge is 0.210 e. The molecule has 15 heavy (non-hydrogen) atoms. The maximum absolute atomic E-state index is 10.8. The first-order valence-electron chi connectivity index (χ1n) is 5.37. The first-order valence-corrected chi connectivity index (χ1v) is 7.08. The van der Waals surface area contributed by atoms with Gasteiger partial charge in [-0.3, -0.25) is 0 Å². The van der Waals surface area contributed by atoms with Crippen LogP contribution in [-0.2, 0) is 10.0 Å². The summed E-state index contributed by atoms with van der Waals surface area (Å²) in [4.78, 5) is 2.04. The predicted molar refractivity (Wildman–Crippen MR) is 61.1 cm³/mol. The number of nitrogens with zero attached hydrogens (tertiary/aromatic N) is 1. The minimum Gasteiger partial charge on any atom is -0.316 e. The van der Waals surface area contributed by atoms with E-state index in [9.17, 15) is 8.42 Å². The molecule has 0 aliphatic carbocycles. The van der Waals surface area contributed by atoms with E-state index in [0.29, 0.717) is 12.5 Å². The van der Waals surface area contributed by atoms with Crippen LogP contribution in [0.25, 0.3) is 0 Å². The van der Waals surface area contributed by atoms with E-state index in [0.717, 1.165) is 19.6 Å². The number of nitrogens with one attached hydrogen (secondary N) is 1. The van der Waals surface area contributed by atoms with Gasteiger partial charge in [-0.1, -0.05) is 0 Å². The molecule has 1 aliphatic heterocycles. The fourth-order valence-corrected chi connectivity index (χ4v) is 2.46. The highest BCUT2D eigenvalue weighted by Gasteiger charge is 2.15. The van der Waals surface area contributed by atoms with Crippen molar-refractivity contribution in [2.75, 3.05) is 39.0 Å². The number of hydrogen-bond acceptors (Lipinski definition) is 4. The number of hydrogen-bond donors (Lipinski definition) is 2. The summed E-state index contributed by atoms with van der Waals surface area (Å²) in [5, 5.41) is 8.29. The molecule has 1 atom stereocenters. The molecule has 1 saturated heterocycles. The van der Waals surface area contributed by atoms with Gasteiger partial charge in [0.1, 0.15) is 0 Å². The van der Waals surface area contributed by atoms with Crippen molar-refractivity contribution in [3.63, 3.8) is 0 Å². The zero-order chi connectivity index (χ0) is 11.3. The molecule has 5 nitrogen and oxygen atoms in total. The van der Waals surface area contributed by atoms with Crippen molar-refractivity contribution < 1.29 is 8.42 Å². The Hall–Kier alpha value is -0.170. The van der Waals surface area contributed by atoms with Gasteiger partial charge in [0, 0.05) is 13.1 Å². The zero-order valence-electron chi connectivity index (χ0n) is 9.28. The molecular formula is C9H21N3O2S. The average Bonchev–Trinajstić information content (AvgIpc) is 2.15. The van der Waals surface area contributed by atoms with Crippen LogP contribution in [0, 0.1) is 5.92 Å². The molecular weight excluding hydrogens is 214 g/mol. The van der Waals surface area contributed by atoms with E-state index in [1.54, 1.807) is 0 Å². The van der Waals surface area contributed by atoms with Crippen LogP contribution in [0.4, 0.5) is 0 Å². The van der Waals surface area contributed by atoms with E-state index in [2.05, 4.69) is 5.32 Å². The molecule has 90 valence electrons. The normalized spacial score (nSPS) is 23.3. The Kier molecular flexibility index (Phi) is 4.98. The third kappa shape index (κ3) is 6.09. The summed E-state index contributed by atoms with van der Waals surface area (Å²) in [5.41, 5.74) is 0. The van der Waals surface area contributed by atoms with Crippen molar-refractivity contribution in [3.8, 4) is 0 Å². The second-order valence-corrected chi connectivity index (χ2v) is 6.08. The van der Waals surface area contributed by atoms with Gasteiger partial charge in [0.2, 0.25) is 10.0 Å². The van der Waals surface area contributed by atoms with Gasteiger partial charge < -0.3 is 10.2 Å². The Balaban J connectivity index is 2.20. The van der Waals surface area contributed by atoms with Gasteiger partial charge in [0.05, 0.1) is 5.75 Å². The van der Waals surface area contributed by atoms with Gasteiger partial charge in [0.15, 0.2) is 0 Å². The molecule has 0 aromatic carbocycles. The Bertz CT molecular complexity index is 273. The Morgan fingerprint density at radius 3 is 2.80 bits per heavy atom. The minimum absolute atomic E-state index is 0.0453. The largest absolute Gasteiger partial charge is 0.316 e. The second-order valence-electron chi connectivity index (χ2n) is 4.34. The molecule has 3 N–H and O–H groups in total. The number of rotatable bonds is 5. The first kappa shape index (κ1) is 12.9. The third-order valence-electron chi connectivity index (χ3n) is 2.73. The summed E-state index contributed by atoms with van der Waals surface area (Å²) in [6, 6.07) is 0. The number of nitrogens with two attached hydrogens (primary N) is 1. The summed E-state index contributed by atoms with van der Waals surface area (Å²) in [6.07, 6.45) is 2.44. The lowest BCUT2D eigenvalue weighted by atomic mass is 9.99. The summed E-state index contributed by atoms with van der Waals surface area (Å²) >= 11 is 0. The molecule has 0 aromatic heterocycles. The van der Waals surface area contributed by atoms with E-state index in [1.807, 2.05) is 11.9 Å². The van der Waals surface area contributed by atoms with E-state index in [1.165, 1.54) is 12.8 Å². The lowest BCUT2D eigenvalue weighted by Gasteiger charge is -2.27. The monoisotopic (exact) mass is 235 g/mol. The van der Waals surface area contributed by atoms with Crippen molar-refractivity contribution in [3.05, 3.63) is 0 Å². The maximum Gasteiger partial charge on any atom is 0.210 e. The Labute approximate surface area is 92.1 Å². The van der Waals surface area contributed by atoms with Crippen molar-refractivity contribution in [1.82, 2.24) is 10.2 Å². The van der Waals surface area contributed by atoms with E-state index in [4.69, 9.17) is 5.14 Å². The fourth-order valence-electron chi connectivity index (χ4n) is 1.89. The van der Waals surface area contributed by atoms with Crippen LogP contribution in [-0.4, -0.2) is 52.3 Å². The van der Waals surface area contributed by atoms with Crippen molar-refractivity contribution in [1.29, 1.82) is 0 Å². The molecule has 0 spiro atoms. The maximum atomic E-state index is 10.8. The molecule has 0 bridgehead atoms. The molecule has 0 saturated carbocycles. The molecule has 1 rings (SSSR count). The SMILES string of the molecule is CN(CCS(N)(=O)=O)CC1CCCNC1. The highest BCUT2D eigenvalue weighted by molar-refractivity contribution is 7.89. The van der Waals surface area contributed by atoms with E-state index in [-0.39, 0.29) is 5.75 Å². The number of primary sulfonamides is 1. The molecule has 0 aromatic rings. The summed E-state index contributed by atoms with van der Waals surface area (Å²) in [6.45, 7) is 3.62. The van der Waals surface area contributed by atoms with Gasteiger partial charge in [-0.05, 0) is 38.9 Å². The van der Waals surface area contributed by atoms with Crippen LogP contribution in [0.15, 0.2) is 0 Å². The second kappa shape index (κ2) is 5.79. The summed E-state index contributed by atoms with van der Waals surface area (Å²) < 4.78 is 21.5. The van der Waals surface area contributed by atoms with Gasteiger partial charge >= 0.3 is 0 Å². The average molecular weight is 235 g/mol. The summed E-state index contributed by atoms with van der Waals surface area (Å²) in [7, 11) is -1.37. The van der Waals surface area contributed by atoms with Crippen LogP contribution in [0.2, 0.25) is 0 Å². The number of piperidine rings is 1. The minimum atomic E-state index is -3.32. The number of sulfonamides is 1. The third-order valence-corrected chi connectivity index (χ3v) is 3.48. The molecule has 1 heterocycles. The van der Waals surface area contributed by atoms with Crippen LogP contribution in [0.1, 0.15) is 12.8 Å². The summed E-state index contributed by atoms with van der Waals surface area (Å²) in [5.74, 6) is 0.688. The van der Waals surface area contributed by atoms with Crippen molar-refractivity contribution in [2.45, 2.75) is 12.8 Å². The Morgan fingerprint density at radius 2 is 2.27 bits per heavy atom. The van der Waals surface area contributed by atoms with E-state index < -0.39 is 10.0 Å². The van der Waals surface area contributed by atoms with Gasteiger partial charge in [-0.2, -0.15) is 0 Å². The van der Waals surface area contributed by atoms with Gasteiger partial charge in [-0.25, -0.2) is 13.6 Å². The first-order chi connectivity index (χ1) is 6.97. The van der Waals surface area contributed by atoms with Crippen LogP contribution in [0.3, 0.4) is 0 Å². The molecule has 0 radical (unpaired) electrons.